The van der Waals surface area contributed by atoms with Crippen molar-refractivity contribution in [3.8, 4) is 0 Å². The fourth-order valence-electron chi connectivity index (χ4n) is 0.917. The number of piperazine rings is 1. The van der Waals surface area contributed by atoms with Crippen LogP contribution in [0.3, 0.4) is 0 Å². The molecule has 1 radical (unpaired) electrons. The van der Waals surface area contributed by atoms with Gasteiger partial charge in [0.05, 0.1) is 0 Å². The second-order valence-corrected chi connectivity index (χ2v) is 2.14. The topological polar surface area (TPSA) is 24.1 Å². The third-order valence-corrected chi connectivity index (χ3v) is 1.47. The Morgan fingerprint density at radius 2 is 2.38 bits per heavy atom. The molecule has 1 atom stereocenters. The van der Waals surface area contributed by atoms with E-state index in [9.17, 15) is 0 Å². The van der Waals surface area contributed by atoms with Gasteiger partial charge in [-0.15, -0.1) is 0 Å². The van der Waals surface area contributed by atoms with Gasteiger partial charge in [-0.25, -0.2) is 0 Å². The summed E-state index contributed by atoms with van der Waals surface area (Å²) in [7, 11) is 0. The highest BCUT2D eigenvalue weighted by molar-refractivity contribution is 4.75. The minimum atomic E-state index is 0.615. The summed E-state index contributed by atoms with van der Waals surface area (Å²) in [4.78, 5) is 0. The van der Waals surface area contributed by atoms with Crippen LogP contribution in [0.1, 0.15) is 6.42 Å². The molecule has 0 aromatic rings. The van der Waals surface area contributed by atoms with Crippen molar-refractivity contribution in [3.63, 3.8) is 0 Å². The lowest BCUT2D eigenvalue weighted by Crippen LogP contribution is -2.47. The van der Waals surface area contributed by atoms with Crippen molar-refractivity contribution in [2.45, 2.75) is 12.5 Å². The van der Waals surface area contributed by atoms with Gasteiger partial charge in [-0.2, -0.15) is 0 Å². The number of rotatable bonds is 1. The first kappa shape index (κ1) is 6.05. The van der Waals surface area contributed by atoms with Gasteiger partial charge < -0.3 is 10.6 Å². The molecule has 2 heteroatoms. The average Bonchev–Trinajstić information content (AvgIpc) is 1.90. The standard InChI is InChI=1S/C6H13N2/c1-2-6-5-7-3-4-8-6/h6-8H,1-5H2. The average molecular weight is 113 g/mol. The number of hydrogen-bond donors (Lipinski definition) is 2. The summed E-state index contributed by atoms with van der Waals surface area (Å²) in [5, 5.41) is 6.63. The lowest BCUT2D eigenvalue weighted by molar-refractivity contribution is 0.420. The second kappa shape index (κ2) is 3.05. The molecule has 0 spiro atoms. The third kappa shape index (κ3) is 1.46. The zero-order valence-corrected chi connectivity index (χ0v) is 5.11. The van der Waals surface area contributed by atoms with Gasteiger partial charge in [-0.05, 0) is 6.42 Å². The molecule has 0 bridgehead atoms. The van der Waals surface area contributed by atoms with Gasteiger partial charge in [-0.1, -0.05) is 6.92 Å². The summed E-state index contributed by atoms with van der Waals surface area (Å²) in [6.07, 6.45) is 0.993. The van der Waals surface area contributed by atoms with Gasteiger partial charge >= 0.3 is 0 Å². The Morgan fingerprint density at radius 1 is 1.50 bits per heavy atom. The van der Waals surface area contributed by atoms with Crippen LogP contribution >= 0.6 is 0 Å². The van der Waals surface area contributed by atoms with Crippen molar-refractivity contribution in [2.75, 3.05) is 19.6 Å². The predicted molar refractivity (Wildman–Crippen MR) is 34.6 cm³/mol. The van der Waals surface area contributed by atoms with E-state index in [2.05, 4.69) is 17.6 Å². The molecule has 1 fully saturated rings. The minimum Gasteiger partial charge on any atom is -0.314 e. The molecule has 1 aliphatic heterocycles. The van der Waals surface area contributed by atoms with E-state index in [-0.39, 0.29) is 0 Å². The molecule has 1 aliphatic rings. The zero-order valence-electron chi connectivity index (χ0n) is 5.11. The third-order valence-electron chi connectivity index (χ3n) is 1.47. The van der Waals surface area contributed by atoms with Crippen LogP contribution in [-0.4, -0.2) is 25.7 Å². The molecule has 2 N–H and O–H groups in total. The molecule has 1 saturated heterocycles. The van der Waals surface area contributed by atoms with Gasteiger partial charge in [-0.3, -0.25) is 0 Å². The highest BCUT2D eigenvalue weighted by atomic mass is 15.0. The van der Waals surface area contributed by atoms with E-state index in [0.29, 0.717) is 6.04 Å². The largest absolute Gasteiger partial charge is 0.314 e. The summed E-state index contributed by atoms with van der Waals surface area (Å²) in [6, 6.07) is 0.615. The van der Waals surface area contributed by atoms with Gasteiger partial charge in [0, 0.05) is 25.7 Å². The Kier molecular flexibility index (Phi) is 2.30. The molecule has 0 aliphatic carbocycles. The van der Waals surface area contributed by atoms with Gasteiger partial charge in [0.2, 0.25) is 0 Å². The fraction of sp³-hybridized carbons (Fsp3) is 0.833. The van der Waals surface area contributed by atoms with Crippen molar-refractivity contribution in [1.82, 2.24) is 10.6 Å². The molecular formula is C6H13N2. The molecule has 1 rings (SSSR count). The molecule has 0 aromatic carbocycles. The van der Waals surface area contributed by atoms with Crippen LogP contribution in [0.15, 0.2) is 0 Å². The van der Waals surface area contributed by atoms with E-state index in [1.165, 1.54) is 0 Å². The maximum absolute atomic E-state index is 3.81. The van der Waals surface area contributed by atoms with E-state index in [1.54, 1.807) is 0 Å². The first-order valence-electron chi connectivity index (χ1n) is 3.17. The fourth-order valence-corrected chi connectivity index (χ4v) is 0.917. The molecule has 2 nitrogen and oxygen atoms in total. The normalized spacial score (nSPS) is 30.4. The predicted octanol–water partition coefficient (Wildman–Crippen LogP) is -0.228. The van der Waals surface area contributed by atoms with E-state index >= 15 is 0 Å². The first-order chi connectivity index (χ1) is 3.93. The molecule has 0 saturated carbocycles. The molecule has 0 amide bonds. The zero-order chi connectivity index (χ0) is 5.82. The Hall–Kier alpha value is -0.0800. The number of hydrogen-bond acceptors (Lipinski definition) is 2. The van der Waals surface area contributed by atoms with Crippen LogP contribution in [0.2, 0.25) is 0 Å². The Morgan fingerprint density at radius 3 is 2.75 bits per heavy atom. The molecular weight excluding hydrogens is 100 g/mol. The summed E-state index contributed by atoms with van der Waals surface area (Å²) in [5.41, 5.74) is 0. The molecule has 1 unspecified atom stereocenters. The lowest BCUT2D eigenvalue weighted by atomic mass is 10.2. The molecule has 1 heterocycles. The lowest BCUT2D eigenvalue weighted by Gasteiger charge is -2.22. The summed E-state index contributed by atoms with van der Waals surface area (Å²) in [5.74, 6) is 0. The van der Waals surface area contributed by atoms with E-state index in [0.717, 1.165) is 26.1 Å². The quantitative estimate of drug-likeness (QED) is 0.491. The summed E-state index contributed by atoms with van der Waals surface area (Å²) in [6.45, 7) is 7.10. The van der Waals surface area contributed by atoms with Gasteiger partial charge in [0.25, 0.3) is 0 Å². The molecule has 47 valence electrons. The van der Waals surface area contributed by atoms with Crippen LogP contribution in [0.4, 0.5) is 0 Å². The minimum absolute atomic E-state index is 0.615. The van der Waals surface area contributed by atoms with Gasteiger partial charge in [0.15, 0.2) is 0 Å². The van der Waals surface area contributed by atoms with E-state index in [1.807, 2.05) is 0 Å². The highest BCUT2D eigenvalue weighted by Gasteiger charge is 2.07. The first-order valence-corrected chi connectivity index (χ1v) is 3.17. The molecule has 8 heavy (non-hydrogen) atoms. The van der Waals surface area contributed by atoms with E-state index < -0.39 is 0 Å². The Bertz CT molecular complexity index is 57.5. The molecule has 0 aromatic heterocycles. The van der Waals surface area contributed by atoms with Crippen molar-refractivity contribution in [2.24, 2.45) is 0 Å². The van der Waals surface area contributed by atoms with Crippen LogP contribution in [0, 0.1) is 6.92 Å². The Labute approximate surface area is 50.7 Å². The SMILES string of the molecule is [CH2]CC1CNCCN1. The van der Waals surface area contributed by atoms with Crippen molar-refractivity contribution < 1.29 is 0 Å². The Balaban J connectivity index is 2.13. The van der Waals surface area contributed by atoms with Crippen LogP contribution < -0.4 is 10.6 Å². The maximum atomic E-state index is 3.81. The second-order valence-electron chi connectivity index (χ2n) is 2.14. The monoisotopic (exact) mass is 113 g/mol. The van der Waals surface area contributed by atoms with Crippen molar-refractivity contribution in [1.29, 1.82) is 0 Å². The number of nitrogens with one attached hydrogen (secondary N) is 2. The van der Waals surface area contributed by atoms with Crippen LogP contribution in [0.5, 0.6) is 0 Å². The van der Waals surface area contributed by atoms with E-state index in [4.69, 9.17) is 0 Å². The highest BCUT2D eigenvalue weighted by Crippen LogP contribution is 1.89. The summed E-state index contributed by atoms with van der Waals surface area (Å²) >= 11 is 0. The van der Waals surface area contributed by atoms with Crippen molar-refractivity contribution in [3.05, 3.63) is 6.92 Å². The summed E-state index contributed by atoms with van der Waals surface area (Å²) < 4.78 is 0. The smallest absolute Gasteiger partial charge is 0.0193 e. The van der Waals surface area contributed by atoms with Crippen LogP contribution in [-0.2, 0) is 0 Å². The van der Waals surface area contributed by atoms with Gasteiger partial charge in [0.1, 0.15) is 0 Å². The van der Waals surface area contributed by atoms with Crippen molar-refractivity contribution >= 4 is 0 Å². The van der Waals surface area contributed by atoms with Crippen LogP contribution in [0.25, 0.3) is 0 Å². The maximum Gasteiger partial charge on any atom is 0.0193 e.